The summed E-state index contributed by atoms with van der Waals surface area (Å²) >= 11 is 0. The van der Waals surface area contributed by atoms with E-state index in [2.05, 4.69) is 37.3 Å². The zero-order valence-corrected chi connectivity index (χ0v) is 20.8. The second-order valence-electron chi connectivity index (χ2n) is 10.3. The molecule has 0 radical (unpaired) electrons. The van der Waals surface area contributed by atoms with Crippen LogP contribution in [0.2, 0.25) is 0 Å². The van der Waals surface area contributed by atoms with Crippen LogP contribution in [0.15, 0.2) is 42.5 Å². The highest BCUT2D eigenvalue weighted by Crippen LogP contribution is 2.45. The predicted octanol–water partition coefficient (Wildman–Crippen LogP) is 6.96. The lowest BCUT2D eigenvalue weighted by Crippen LogP contribution is -2.36. The third-order valence-electron chi connectivity index (χ3n) is 6.47. The number of methoxy groups -OCH3 is 1. The number of hydrogen-bond donors (Lipinski definition) is 0. The van der Waals surface area contributed by atoms with Crippen molar-refractivity contribution in [3.8, 4) is 17.2 Å². The molecule has 4 rings (SSSR count). The average molecular weight is 469 g/mol. The van der Waals surface area contributed by atoms with Crippen molar-refractivity contribution in [3.63, 3.8) is 0 Å². The maximum Gasteiger partial charge on any atom is 0.514 e. The van der Waals surface area contributed by atoms with Crippen LogP contribution in [0.25, 0.3) is 0 Å². The van der Waals surface area contributed by atoms with Gasteiger partial charge in [-0.2, -0.15) is 0 Å². The maximum absolute atomic E-state index is 12.3. The van der Waals surface area contributed by atoms with Gasteiger partial charge in [-0.1, -0.05) is 50.1 Å². The first-order valence-corrected chi connectivity index (χ1v) is 12.2. The van der Waals surface area contributed by atoms with Crippen molar-refractivity contribution in [1.29, 1.82) is 0 Å². The Morgan fingerprint density at radius 2 is 1.76 bits per heavy atom. The molecule has 0 N–H and O–H groups in total. The van der Waals surface area contributed by atoms with E-state index in [0.717, 1.165) is 31.2 Å². The molecule has 2 aliphatic rings. The molecule has 1 saturated carbocycles. The summed E-state index contributed by atoms with van der Waals surface area (Å²) in [5.41, 5.74) is 1.68. The summed E-state index contributed by atoms with van der Waals surface area (Å²) in [6.07, 6.45) is 4.25. The lowest BCUT2D eigenvalue weighted by atomic mass is 9.81. The predicted molar refractivity (Wildman–Crippen MR) is 130 cm³/mol. The summed E-state index contributed by atoms with van der Waals surface area (Å²) in [4.78, 5) is 12.3. The highest BCUT2D eigenvalue weighted by molar-refractivity contribution is 5.67. The minimum atomic E-state index is -0.782. The van der Waals surface area contributed by atoms with Crippen molar-refractivity contribution < 1.29 is 28.5 Å². The standard InChI is InChI=1S/C28H36O6/c1-18-15-26(31-22-14-10-9-13-20(22)19-11-7-6-8-12-19)32-23-17-25(24(30-5)16-21(18)23)33-27(29)34-28(2,3)4/h6-8,11-12,16-18,20,22,26H,9-10,13-15H2,1-5H3/t18-,20+,22-,26-/m0/s1. The van der Waals surface area contributed by atoms with Gasteiger partial charge < -0.3 is 23.7 Å². The van der Waals surface area contributed by atoms with Gasteiger partial charge in [-0.25, -0.2) is 4.79 Å². The van der Waals surface area contributed by atoms with Crippen molar-refractivity contribution in [1.82, 2.24) is 0 Å². The third-order valence-corrected chi connectivity index (χ3v) is 6.47. The summed E-state index contributed by atoms with van der Waals surface area (Å²) in [5, 5.41) is 0. The Labute approximate surface area is 202 Å². The number of carbonyl (C=O) groups excluding carboxylic acids is 1. The van der Waals surface area contributed by atoms with E-state index in [9.17, 15) is 4.79 Å². The summed E-state index contributed by atoms with van der Waals surface area (Å²) < 4.78 is 29.1. The monoisotopic (exact) mass is 468 g/mol. The van der Waals surface area contributed by atoms with Gasteiger partial charge in [-0.15, -0.1) is 0 Å². The van der Waals surface area contributed by atoms with E-state index in [1.54, 1.807) is 33.9 Å². The second-order valence-corrected chi connectivity index (χ2v) is 10.3. The highest BCUT2D eigenvalue weighted by Gasteiger charge is 2.34. The Hall–Kier alpha value is -2.73. The van der Waals surface area contributed by atoms with Crippen molar-refractivity contribution in [3.05, 3.63) is 53.6 Å². The molecule has 0 bridgehead atoms. The molecular formula is C28H36O6. The Morgan fingerprint density at radius 3 is 2.47 bits per heavy atom. The van der Waals surface area contributed by atoms with Crippen LogP contribution in [0.1, 0.15) is 82.8 Å². The molecule has 0 saturated heterocycles. The number of fused-ring (bicyclic) bond motifs is 1. The van der Waals surface area contributed by atoms with Crippen LogP contribution in [-0.4, -0.2) is 31.3 Å². The van der Waals surface area contributed by atoms with E-state index >= 15 is 0 Å². The molecule has 0 amide bonds. The van der Waals surface area contributed by atoms with Gasteiger partial charge in [0, 0.05) is 24.0 Å². The molecule has 0 spiro atoms. The number of ether oxygens (including phenoxy) is 5. The quantitative estimate of drug-likeness (QED) is 0.349. The molecule has 2 aromatic carbocycles. The van der Waals surface area contributed by atoms with Crippen LogP contribution in [0.5, 0.6) is 17.2 Å². The first-order chi connectivity index (χ1) is 16.2. The molecule has 1 fully saturated rings. The topological polar surface area (TPSA) is 63.2 Å². The van der Waals surface area contributed by atoms with E-state index < -0.39 is 11.8 Å². The van der Waals surface area contributed by atoms with Crippen LogP contribution in [0, 0.1) is 0 Å². The van der Waals surface area contributed by atoms with Crippen molar-refractivity contribution in [2.24, 2.45) is 0 Å². The molecule has 6 nitrogen and oxygen atoms in total. The summed E-state index contributed by atoms with van der Waals surface area (Å²) in [6.45, 7) is 7.53. The number of carbonyl (C=O) groups is 1. The van der Waals surface area contributed by atoms with Gasteiger partial charge in [-0.3, -0.25) is 0 Å². The van der Waals surface area contributed by atoms with Gasteiger partial charge in [0.2, 0.25) is 6.29 Å². The third kappa shape index (κ3) is 5.84. The maximum atomic E-state index is 12.3. The average Bonchev–Trinajstić information content (AvgIpc) is 2.78. The van der Waals surface area contributed by atoms with Gasteiger partial charge >= 0.3 is 6.16 Å². The Balaban J connectivity index is 1.51. The number of benzene rings is 2. The largest absolute Gasteiger partial charge is 0.514 e. The fraction of sp³-hybridized carbons (Fsp3) is 0.536. The SMILES string of the molecule is COc1cc2c(cc1OC(=O)OC(C)(C)C)O[C@H](O[C@H]1CCCC[C@@H]1c1ccccc1)C[C@@H]2C. The molecule has 6 heteroatoms. The van der Waals surface area contributed by atoms with Gasteiger partial charge in [-0.05, 0) is 51.2 Å². The van der Waals surface area contributed by atoms with Gasteiger partial charge in [0.25, 0.3) is 0 Å². The Morgan fingerprint density at radius 1 is 1.03 bits per heavy atom. The number of hydrogen-bond acceptors (Lipinski definition) is 6. The van der Waals surface area contributed by atoms with Crippen molar-refractivity contribution in [2.45, 2.75) is 89.6 Å². The molecule has 4 atom stereocenters. The molecule has 34 heavy (non-hydrogen) atoms. The van der Waals surface area contributed by atoms with Crippen LogP contribution < -0.4 is 14.2 Å². The molecule has 0 aromatic heterocycles. The van der Waals surface area contributed by atoms with E-state index in [0.29, 0.717) is 17.4 Å². The highest BCUT2D eigenvalue weighted by atomic mass is 16.7. The van der Waals surface area contributed by atoms with Gasteiger partial charge in [0.1, 0.15) is 11.4 Å². The van der Waals surface area contributed by atoms with E-state index in [-0.39, 0.29) is 24.1 Å². The molecule has 0 unspecified atom stereocenters. The van der Waals surface area contributed by atoms with E-state index in [4.69, 9.17) is 23.7 Å². The summed E-state index contributed by atoms with van der Waals surface area (Å²) in [6, 6.07) is 14.2. The summed E-state index contributed by atoms with van der Waals surface area (Å²) in [7, 11) is 1.55. The lowest BCUT2D eigenvalue weighted by Gasteiger charge is -2.37. The summed E-state index contributed by atoms with van der Waals surface area (Å²) in [5.74, 6) is 1.96. The first-order valence-electron chi connectivity index (χ1n) is 12.2. The molecular weight excluding hydrogens is 432 g/mol. The fourth-order valence-electron chi connectivity index (χ4n) is 4.87. The van der Waals surface area contributed by atoms with Crippen LogP contribution in [0.3, 0.4) is 0 Å². The minimum Gasteiger partial charge on any atom is -0.493 e. The molecule has 1 aliphatic carbocycles. The zero-order chi connectivity index (χ0) is 24.3. The minimum absolute atomic E-state index is 0.116. The molecule has 1 aliphatic heterocycles. The smallest absolute Gasteiger partial charge is 0.493 e. The second kappa shape index (κ2) is 10.3. The normalized spacial score (nSPS) is 24.5. The first kappa shape index (κ1) is 24.4. The molecule has 2 aromatic rings. The zero-order valence-electron chi connectivity index (χ0n) is 20.8. The van der Waals surface area contributed by atoms with Crippen LogP contribution in [0.4, 0.5) is 4.79 Å². The van der Waals surface area contributed by atoms with Crippen molar-refractivity contribution >= 4 is 6.16 Å². The van der Waals surface area contributed by atoms with Crippen molar-refractivity contribution in [2.75, 3.05) is 7.11 Å². The fourth-order valence-corrected chi connectivity index (χ4v) is 4.87. The van der Waals surface area contributed by atoms with Crippen LogP contribution in [-0.2, 0) is 9.47 Å². The van der Waals surface area contributed by atoms with E-state index in [1.807, 2.05) is 6.07 Å². The van der Waals surface area contributed by atoms with Gasteiger partial charge in [0.15, 0.2) is 11.5 Å². The molecule has 184 valence electrons. The van der Waals surface area contributed by atoms with Gasteiger partial charge in [0.05, 0.1) is 13.2 Å². The van der Waals surface area contributed by atoms with E-state index in [1.165, 1.54) is 12.0 Å². The Bertz CT molecular complexity index is 980. The molecule has 1 heterocycles. The lowest BCUT2D eigenvalue weighted by molar-refractivity contribution is -0.145. The van der Waals surface area contributed by atoms with Crippen LogP contribution >= 0.6 is 0 Å². The number of rotatable bonds is 5. The Kier molecular flexibility index (Phi) is 7.36.